The number of fused-ring (bicyclic) bond motifs is 1. The summed E-state index contributed by atoms with van der Waals surface area (Å²) in [6.45, 7) is 0.533. The molecule has 0 bridgehead atoms. The lowest BCUT2D eigenvalue weighted by molar-refractivity contribution is 0.966. The van der Waals surface area contributed by atoms with Crippen molar-refractivity contribution in [1.29, 1.82) is 0 Å². The van der Waals surface area contributed by atoms with Gasteiger partial charge in [-0.1, -0.05) is 36.4 Å². The molecule has 0 spiro atoms. The van der Waals surface area contributed by atoms with Gasteiger partial charge < -0.3 is 10.6 Å². The van der Waals surface area contributed by atoms with Crippen molar-refractivity contribution in [3.8, 4) is 0 Å². The number of nitrogens with one attached hydrogen (secondary N) is 3. The third kappa shape index (κ3) is 3.48. The van der Waals surface area contributed by atoms with Gasteiger partial charge in [-0.05, 0) is 17.7 Å². The van der Waals surface area contributed by atoms with Crippen LogP contribution in [0.2, 0.25) is 0 Å². The van der Waals surface area contributed by atoms with Crippen molar-refractivity contribution >= 4 is 39.1 Å². The van der Waals surface area contributed by atoms with Crippen LogP contribution in [-0.2, 0) is 6.54 Å². The first kappa shape index (κ1) is 15.3. The molecule has 7 nitrogen and oxygen atoms in total. The highest BCUT2D eigenvalue weighted by Crippen LogP contribution is 2.26. The minimum absolute atomic E-state index is 0.264. The largest absolute Gasteiger partial charge is 0.351 e. The quantitative estimate of drug-likeness (QED) is 0.512. The molecule has 2 aromatic heterocycles. The highest BCUT2D eigenvalue weighted by molar-refractivity contribution is 7.16. The summed E-state index contributed by atoms with van der Waals surface area (Å²) in [6.07, 6.45) is 0. The number of hydrogen-bond donors (Lipinski definition) is 3. The summed E-state index contributed by atoms with van der Waals surface area (Å²) in [6, 6.07) is 15.6. The Labute approximate surface area is 146 Å². The topological polar surface area (TPSA) is 95.6 Å². The molecule has 8 heteroatoms. The van der Waals surface area contributed by atoms with Crippen LogP contribution < -0.4 is 16.3 Å². The standard InChI is InChI=1S/C17H14N6OS/c24-17-22-15(18-9-11-5-2-1-3-6-11)21-16(23-17)20-12-7-4-8-13-14(12)19-10-25-13/h1-8,10H,9H2,(H3,18,20,21,22,23,24). The van der Waals surface area contributed by atoms with E-state index >= 15 is 0 Å². The molecule has 4 rings (SSSR count). The first-order valence-electron chi connectivity index (χ1n) is 7.63. The zero-order valence-corrected chi connectivity index (χ0v) is 13.9. The van der Waals surface area contributed by atoms with Crippen molar-refractivity contribution in [2.75, 3.05) is 10.6 Å². The third-order valence-corrected chi connectivity index (χ3v) is 4.35. The minimum Gasteiger partial charge on any atom is -0.350 e. The summed E-state index contributed by atoms with van der Waals surface area (Å²) < 4.78 is 1.06. The third-order valence-electron chi connectivity index (χ3n) is 3.56. The van der Waals surface area contributed by atoms with Crippen LogP contribution in [0.4, 0.5) is 17.6 Å². The molecule has 25 heavy (non-hydrogen) atoms. The number of H-pyrrole nitrogens is 1. The Kier molecular flexibility index (Phi) is 4.09. The fourth-order valence-corrected chi connectivity index (χ4v) is 3.12. The molecular weight excluding hydrogens is 336 g/mol. The highest BCUT2D eigenvalue weighted by Gasteiger charge is 2.07. The summed E-state index contributed by atoms with van der Waals surface area (Å²) in [4.78, 5) is 26.9. The zero-order chi connectivity index (χ0) is 17.1. The second-order valence-corrected chi connectivity index (χ2v) is 6.18. The fraction of sp³-hybridized carbons (Fsp3) is 0.0588. The van der Waals surface area contributed by atoms with Crippen LogP contribution in [0.5, 0.6) is 0 Å². The Hall–Kier alpha value is -3.26. The van der Waals surface area contributed by atoms with Crippen LogP contribution in [0.25, 0.3) is 10.2 Å². The number of rotatable bonds is 5. The Morgan fingerprint density at radius 1 is 1.04 bits per heavy atom. The molecule has 3 N–H and O–H groups in total. The molecule has 0 saturated carbocycles. The number of aromatic amines is 1. The van der Waals surface area contributed by atoms with E-state index in [2.05, 4.69) is 30.6 Å². The van der Waals surface area contributed by atoms with Crippen molar-refractivity contribution in [2.24, 2.45) is 0 Å². The molecule has 0 fully saturated rings. The molecule has 0 radical (unpaired) electrons. The average Bonchev–Trinajstić information content (AvgIpc) is 3.10. The van der Waals surface area contributed by atoms with Crippen LogP contribution in [-0.4, -0.2) is 19.9 Å². The lowest BCUT2D eigenvalue weighted by Crippen LogP contribution is -2.17. The molecular formula is C17H14N6OS. The number of nitrogens with zero attached hydrogens (tertiary/aromatic N) is 3. The molecule has 0 saturated heterocycles. The molecule has 124 valence electrons. The zero-order valence-electron chi connectivity index (χ0n) is 13.1. The molecule has 0 aliphatic heterocycles. The van der Waals surface area contributed by atoms with E-state index in [9.17, 15) is 4.79 Å². The Bertz CT molecular complexity index is 1060. The van der Waals surface area contributed by atoms with Crippen LogP contribution in [0.15, 0.2) is 58.8 Å². The van der Waals surface area contributed by atoms with E-state index in [0.29, 0.717) is 12.5 Å². The molecule has 2 heterocycles. The maximum Gasteiger partial charge on any atom is 0.351 e. The predicted molar refractivity (Wildman–Crippen MR) is 99.3 cm³/mol. The Morgan fingerprint density at radius 2 is 1.92 bits per heavy atom. The second-order valence-electron chi connectivity index (χ2n) is 5.29. The summed E-state index contributed by atoms with van der Waals surface area (Å²) in [5, 5.41) is 6.17. The van der Waals surface area contributed by atoms with Gasteiger partial charge in [0.2, 0.25) is 11.9 Å². The predicted octanol–water partition coefficient (Wildman–Crippen LogP) is 3.13. The number of aromatic nitrogens is 4. The lowest BCUT2D eigenvalue weighted by Gasteiger charge is -2.08. The van der Waals surface area contributed by atoms with Crippen molar-refractivity contribution < 1.29 is 0 Å². The monoisotopic (exact) mass is 350 g/mol. The lowest BCUT2D eigenvalue weighted by atomic mass is 10.2. The van der Waals surface area contributed by atoms with Gasteiger partial charge in [-0.3, -0.25) is 4.98 Å². The maximum absolute atomic E-state index is 11.8. The van der Waals surface area contributed by atoms with Gasteiger partial charge in [0.05, 0.1) is 15.9 Å². The SMILES string of the molecule is O=c1nc(NCc2ccccc2)nc(Nc2cccc3scnc23)[nH]1. The van der Waals surface area contributed by atoms with Gasteiger partial charge in [-0.2, -0.15) is 9.97 Å². The van der Waals surface area contributed by atoms with Crippen molar-refractivity contribution in [3.05, 3.63) is 70.1 Å². The van der Waals surface area contributed by atoms with Gasteiger partial charge in [-0.25, -0.2) is 9.78 Å². The smallest absolute Gasteiger partial charge is 0.350 e. The van der Waals surface area contributed by atoms with Gasteiger partial charge in [0.15, 0.2) is 0 Å². The average molecular weight is 350 g/mol. The molecule has 0 aliphatic rings. The van der Waals surface area contributed by atoms with Crippen LogP contribution in [0.1, 0.15) is 5.56 Å². The van der Waals surface area contributed by atoms with Crippen LogP contribution in [0, 0.1) is 0 Å². The normalized spacial score (nSPS) is 10.7. The van der Waals surface area contributed by atoms with Gasteiger partial charge in [-0.15, -0.1) is 11.3 Å². The maximum atomic E-state index is 11.8. The molecule has 4 aromatic rings. The first-order valence-corrected chi connectivity index (χ1v) is 8.51. The number of para-hydroxylation sites is 1. The van der Waals surface area contributed by atoms with Gasteiger partial charge in [0.25, 0.3) is 0 Å². The highest BCUT2D eigenvalue weighted by atomic mass is 32.1. The number of thiazole rings is 1. The van der Waals surface area contributed by atoms with E-state index in [1.807, 2.05) is 48.5 Å². The number of hydrogen-bond acceptors (Lipinski definition) is 7. The van der Waals surface area contributed by atoms with Crippen molar-refractivity contribution in [3.63, 3.8) is 0 Å². The molecule has 2 aromatic carbocycles. The van der Waals surface area contributed by atoms with E-state index < -0.39 is 5.69 Å². The molecule has 0 amide bonds. The van der Waals surface area contributed by atoms with Gasteiger partial charge >= 0.3 is 5.69 Å². The van der Waals surface area contributed by atoms with E-state index in [1.54, 1.807) is 16.8 Å². The Balaban J connectivity index is 1.57. The Morgan fingerprint density at radius 3 is 2.80 bits per heavy atom. The van der Waals surface area contributed by atoms with Gasteiger partial charge in [0.1, 0.15) is 5.52 Å². The summed E-state index contributed by atoms with van der Waals surface area (Å²) >= 11 is 1.56. The van der Waals surface area contributed by atoms with E-state index in [-0.39, 0.29) is 5.95 Å². The van der Waals surface area contributed by atoms with E-state index in [1.165, 1.54) is 0 Å². The summed E-state index contributed by atoms with van der Waals surface area (Å²) in [5.41, 5.74) is 4.00. The van der Waals surface area contributed by atoms with Crippen molar-refractivity contribution in [1.82, 2.24) is 19.9 Å². The summed E-state index contributed by atoms with van der Waals surface area (Å²) in [7, 11) is 0. The molecule has 0 atom stereocenters. The first-order chi connectivity index (χ1) is 12.3. The second kappa shape index (κ2) is 6.70. The fourth-order valence-electron chi connectivity index (χ4n) is 2.41. The van der Waals surface area contributed by atoms with Crippen LogP contribution in [0.3, 0.4) is 0 Å². The van der Waals surface area contributed by atoms with Crippen molar-refractivity contribution in [2.45, 2.75) is 6.54 Å². The molecule has 0 unspecified atom stereocenters. The van der Waals surface area contributed by atoms with Gasteiger partial charge in [0, 0.05) is 6.54 Å². The minimum atomic E-state index is -0.474. The van der Waals surface area contributed by atoms with E-state index in [0.717, 1.165) is 21.5 Å². The number of anilines is 3. The van der Waals surface area contributed by atoms with E-state index in [4.69, 9.17) is 0 Å². The number of benzene rings is 2. The molecule has 0 aliphatic carbocycles. The van der Waals surface area contributed by atoms with Crippen LogP contribution >= 0.6 is 11.3 Å². The summed E-state index contributed by atoms with van der Waals surface area (Å²) in [5.74, 6) is 0.580.